The molecule has 2 atom stereocenters. The molecule has 21 aromatic rings. The van der Waals surface area contributed by atoms with Gasteiger partial charge in [-0.1, -0.05) is 93.6 Å². The zero-order chi connectivity index (χ0) is 95.5. The van der Waals surface area contributed by atoms with E-state index in [4.69, 9.17) is 19.7 Å². The minimum atomic E-state index is -0.0219. The number of H-pyrrole nitrogens is 1. The molecular weight excluding hydrogens is 1760 g/mol. The van der Waals surface area contributed by atoms with Crippen LogP contribution in [0.5, 0.6) is 0 Å². The van der Waals surface area contributed by atoms with Crippen LogP contribution in [0, 0.1) is 26.7 Å². The molecule has 5 aliphatic heterocycles. The molecule has 0 amide bonds. The van der Waals surface area contributed by atoms with Gasteiger partial charge in [0.25, 0.3) is 0 Å². The van der Waals surface area contributed by atoms with Crippen LogP contribution in [0.25, 0.3) is 97.7 Å². The first kappa shape index (κ1) is 90.3. The summed E-state index contributed by atoms with van der Waals surface area (Å²) in [6.07, 6.45) is 30.3. The van der Waals surface area contributed by atoms with E-state index in [0.717, 1.165) is 245 Å². The zero-order valence-electron chi connectivity index (χ0n) is 79.0. The van der Waals surface area contributed by atoms with Gasteiger partial charge in [0.15, 0.2) is 47.4 Å². The number of hydrogen-bond acceptors (Lipinski definition) is 26. The second-order valence-corrected chi connectivity index (χ2v) is 35.7. The number of rotatable bonds is 14. The first-order valence-electron chi connectivity index (χ1n) is 47.8. The zero-order valence-corrected chi connectivity index (χ0v) is 79.0. The first-order chi connectivity index (χ1) is 69.3. The highest BCUT2D eigenvalue weighted by Gasteiger charge is 2.27. The summed E-state index contributed by atoms with van der Waals surface area (Å²) in [5.74, 6) is 5.33. The van der Waals surface area contributed by atoms with Crippen molar-refractivity contribution in [2.24, 2.45) is 20.9 Å². The standard InChI is InChI=1S/2C21H21N5O.C20H20N4.C17H15N5.C17H14N4.C16H12N4/c2*1-14-11-16-12-17(8-7-15(16)13-23-14)24-21-20-18(5-4-9-22-20)26(25-21)19-6-2-3-10-27-19;1-13(2)10-18-17-6-5-16(11-14(17)7-9-21-18)24-20-19-15(12-23-20)4-3-8-22-19;1-2-13-8-12-9-14(6-5-11(12)10-19-13)20-17-16-15(21-22-17)4-3-7-18-16;1-11-7-14-8-15(5-4-12(14)9-19-11)21-17-16-13(10-20-17)3-2-6-18-16;1-2-4-12-9-13(6-5-11(12)3-1)20-16-15-14(10-19-16)17-7-8-18-15/h2*4-5,7-9,11-13,19H,2-3,6,10H2,1H3,(H,24,25);3-9,11,13H,10,12H2,1-2H3,(H,23,24);3-10H,2H2,1H3,(H2,20,21,22);2-9H,10H2,1H3,(H,20,21);1-9H,10H2,(H,19,20). The van der Waals surface area contributed by atoms with Crippen molar-refractivity contribution in [3.8, 4) is 0 Å². The molecule has 14 aromatic heterocycles. The molecule has 26 rings (SSSR count). The van der Waals surface area contributed by atoms with E-state index in [-0.39, 0.29) is 12.5 Å². The molecule has 0 aliphatic carbocycles. The lowest BCUT2D eigenvalue weighted by molar-refractivity contribution is -0.0366. The van der Waals surface area contributed by atoms with Gasteiger partial charge in [-0.2, -0.15) is 5.10 Å². The fourth-order valence-electron chi connectivity index (χ4n) is 18.0. The third-order valence-electron chi connectivity index (χ3n) is 25.0. The molecule has 698 valence electrons. The van der Waals surface area contributed by atoms with Crippen LogP contribution >= 0.6 is 0 Å². The molecule has 29 nitrogen and oxygen atoms in total. The van der Waals surface area contributed by atoms with Gasteiger partial charge in [-0.25, -0.2) is 14.3 Å². The Morgan fingerprint density at radius 1 is 0.355 bits per heavy atom. The third kappa shape index (κ3) is 20.8. The highest BCUT2D eigenvalue weighted by molar-refractivity contribution is 6.12. The topological polar surface area (TPSA) is 347 Å². The van der Waals surface area contributed by atoms with Crippen molar-refractivity contribution < 1.29 is 9.47 Å². The number of anilines is 9. The lowest BCUT2D eigenvalue weighted by Crippen LogP contribution is -2.19. The molecule has 7 aromatic carbocycles. The summed E-state index contributed by atoms with van der Waals surface area (Å²) in [5, 5.41) is 51.3. The van der Waals surface area contributed by atoms with Crippen molar-refractivity contribution in [2.75, 3.05) is 45.1 Å². The summed E-state index contributed by atoms with van der Waals surface area (Å²) in [5.41, 5.74) is 22.8. The average molecular weight is 1860 g/mol. The summed E-state index contributed by atoms with van der Waals surface area (Å²) in [4.78, 5) is 66.5. The average Bonchev–Trinajstić information content (AvgIpc) is 1.63. The van der Waals surface area contributed by atoms with E-state index in [1.165, 1.54) is 49.1 Å². The van der Waals surface area contributed by atoms with E-state index in [2.05, 4.69) is 277 Å². The lowest BCUT2D eigenvalue weighted by Gasteiger charge is -2.23. The smallest absolute Gasteiger partial charge is 0.179 e. The quantitative estimate of drug-likeness (QED) is 0.0532. The van der Waals surface area contributed by atoms with Crippen LogP contribution in [-0.2, 0) is 41.9 Å². The number of aromatic nitrogens is 18. The number of fused-ring (bicyclic) bond motifs is 12. The van der Waals surface area contributed by atoms with Crippen molar-refractivity contribution in [1.82, 2.24) is 89.6 Å². The van der Waals surface area contributed by atoms with Crippen LogP contribution < -0.4 is 31.9 Å². The lowest BCUT2D eigenvalue weighted by atomic mass is 10.0. The maximum absolute atomic E-state index is 5.94. The van der Waals surface area contributed by atoms with Gasteiger partial charge >= 0.3 is 0 Å². The number of ether oxygens (including phenoxy) is 2. The molecule has 2 unspecified atom stereocenters. The van der Waals surface area contributed by atoms with Gasteiger partial charge in [0, 0.05) is 188 Å². The highest BCUT2D eigenvalue weighted by Crippen LogP contribution is 2.37. The number of aliphatic imine (C=N–C) groups is 3. The van der Waals surface area contributed by atoms with Crippen molar-refractivity contribution >= 4 is 167 Å². The Hall–Kier alpha value is -17.2. The molecule has 5 aliphatic rings. The van der Waals surface area contributed by atoms with Gasteiger partial charge in [-0.15, -0.1) is 10.2 Å². The van der Waals surface area contributed by atoms with Crippen molar-refractivity contribution in [3.63, 3.8) is 0 Å². The molecule has 29 heteroatoms. The normalized spacial score (nSPS) is 14.5. The number of aromatic amines is 1. The van der Waals surface area contributed by atoms with Crippen molar-refractivity contribution in [3.05, 3.63) is 361 Å². The predicted octanol–water partition coefficient (Wildman–Crippen LogP) is 23.8. The fourth-order valence-corrected chi connectivity index (χ4v) is 18.0. The molecule has 141 heavy (non-hydrogen) atoms. The number of nitrogens with zero attached hydrogens (tertiary/aromatic N) is 20. The van der Waals surface area contributed by atoms with Gasteiger partial charge in [-0.05, 0) is 267 Å². The second-order valence-electron chi connectivity index (χ2n) is 35.7. The maximum atomic E-state index is 5.94. The van der Waals surface area contributed by atoms with E-state index >= 15 is 0 Å². The molecule has 0 radical (unpaired) electrons. The molecule has 0 bridgehead atoms. The Morgan fingerprint density at radius 3 is 1.33 bits per heavy atom. The van der Waals surface area contributed by atoms with Gasteiger partial charge in [0.1, 0.15) is 33.6 Å². The van der Waals surface area contributed by atoms with Crippen LogP contribution in [0.1, 0.15) is 134 Å². The van der Waals surface area contributed by atoms with Crippen molar-refractivity contribution in [1.29, 1.82) is 0 Å². The minimum absolute atomic E-state index is 0.0219. The summed E-state index contributed by atoms with van der Waals surface area (Å²) in [7, 11) is 0. The Bertz CT molecular complexity index is 8100. The summed E-state index contributed by atoms with van der Waals surface area (Å²) in [6, 6.07) is 76.2. The van der Waals surface area contributed by atoms with Gasteiger partial charge < -0.3 is 41.4 Å². The summed E-state index contributed by atoms with van der Waals surface area (Å²) < 4.78 is 15.8. The van der Waals surface area contributed by atoms with Crippen molar-refractivity contribution in [2.45, 2.75) is 125 Å². The Labute approximate surface area is 813 Å². The van der Waals surface area contributed by atoms with Crippen LogP contribution in [-0.4, -0.2) is 120 Å². The molecule has 0 spiro atoms. The number of hydrogen-bond donors (Lipinski definition) is 7. The van der Waals surface area contributed by atoms with Gasteiger partial charge in [0.05, 0.1) is 41.9 Å². The number of amidine groups is 3. The maximum Gasteiger partial charge on any atom is 0.179 e. The summed E-state index contributed by atoms with van der Waals surface area (Å²) in [6.45, 7) is 16.1. The van der Waals surface area contributed by atoms with Gasteiger partial charge in [0.2, 0.25) is 0 Å². The SMILES string of the molecule is CC(C)Cc1nccc2cc(NC3=NCc4cccnc43)ccc12.CCc1cc2cc(Nc3n[nH]c4cccnc34)ccc2cn1.Cc1cc2cc(NC3=NCc4cccnc43)ccc2cn1.Cc1cc2cc(Nc3nn(C4CCCCO4)c4cccnc34)ccc2cn1.Cc1cc2cc(Nc3nn(C4CCCCO4)c4cccnc34)ccc2cn1.c1ccc2cc(NC3=NCc4nccnc43)ccc2c1. The van der Waals surface area contributed by atoms with Crippen LogP contribution in [0.4, 0.5) is 51.6 Å². The number of pyridine rings is 10. The Morgan fingerprint density at radius 2 is 0.794 bits per heavy atom. The molecule has 2 fully saturated rings. The number of aryl methyl sites for hydroxylation is 4. The van der Waals surface area contributed by atoms with E-state index in [9.17, 15) is 0 Å². The highest BCUT2D eigenvalue weighted by atomic mass is 16.5. The van der Waals surface area contributed by atoms with E-state index in [0.29, 0.717) is 25.6 Å². The van der Waals surface area contributed by atoms with Crippen LogP contribution in [0.2, 0.25) is 0 Å². The van der Waals surface area contributed by atoms with Gasteiger partial charge in [-0.3, -0.25) is 74.9 Å². The Kier molecular flexibility index (Phi) is 26.5. The minimum Gasteiger partial charge on any atom is -0.356 e. The third-order valence-corrected chi connectivity index (χ3v) is 25.0. The number of nitrogens with one attached hydrogen (secondary N) is 7. The summed E-state index contributed by atoms with van der Waals surface area (Å²) >= 11 is 0. The molecule has 0 saturated carbocycles. The predicted molar refractivity (Wildman–Crippen MR) is 563 cm³/mol. The van der Waals surface area contributed by atoms with E-state index in [1.807, 2.05) is 152 Å². The Balaban J connectivity index is 0.000000101. The first-order valence-corrected chi connectivity index (χ1v) is 47.8. The molecule has 2 saturated heterocycles. The molecular formula is C112H103N27O2. The van der Waals surface area contributed by atoms with E-state index in [1.54, 1.807) is 37.2 Å². The largest absolute Gasteiger partial charge is 0.356 e. The molecule has 7 N–H and O–H groups in total. The monoisotopic (exact) mass is 1860 g/mol. The van der Waals surface area contributed by atoms with E-state index < -0.39 is 0 Å². The van der Waals surface area contributed by atoms with Crippen LogP contribution in [0.3, 0.4) is 0 Å². The van der Waals surface area contributed by atoms with Crippen LogP contribution in [0.15, 0.2) is 314 Å². The second kappa shape index (κ2) is 41.4. The molecule has 19 heterocycles. The fraction of sp³-hybridized carbons (Fsp3) is 0.196. The number of benzene rings is 7.